The smallest absolute Gasteiger partial charge is 0.241 e. The maximum absolute atomic E-state index is 13.3. The number of allylic oxidation sites excluding steroid dienone is 2. The molecule has 0 spiro atoms. The Hall–Kier alpha value is -4.21. The van der Waals surface area contributed by atoms with Crippen molar-refractivity contribution in [2.45, 2.75) is 33.1 Å². The molecule has 1 saturated heterocycles. The van der Waals surface area contributed by atoms with Gasteiger partial charge in [0.2, 0.25) is 5.91 Å². The van der Waals surface area contributed by atoms with Crippen molar-refractivity contribution in [3.8, 4) is 11.3 Å². The molecule has 1 aromatic carbocycles. The molecule has 5 N–H and O–H groups in total. The maximum Gasteiger partial charge on any atom is 0.241 e. The highest BCUT2D eigenvalue weighted by Crippen LogP contribution is 2.35. The number of hydrogen-bond acceptors (Lipinski definition) is 8. The number of imidazole rings is 1. The second kappa shape index (κ2) is 11.7. The fourth-order valence-corrected chi connectivity index (χ4v) is 5.41. The van der Waals surface area contributed by atoms with Crippen LogP contribution in [-0.2, 0) is 11.2 Å². The van der Waals surface area contributed by atoms with Gasteiger partial charge in [0.1, 0.15) is 17.3 Å². The van der Waals surface area contributed by atoms with Gasteiger partial charge in [0.05, 0.1) is 18.4 Å². The minimum Gasteiger partial charge on any atom is -0.396 e. The minimum absolute atomic E-state index is 0.0424. The molecule has 39 heavy (non-hydrogen) atoms. The molecule has 2 aliphatic rings. The van der Waals surface area contributed by atoms with Gasteiger partial charge in [0, 0.05) is 62.9 Å². The Morgan fingerprint density at radius 1 is 1.10 bits per heavy atom. The molecule has 3 aromatic rings. The van der Waals surface area contributed by atoms with E-state index in [1.807, 2.05) is 27.6 Å². The summed E-state index contributed by atoms with van der Waals surface area (Å²) in [6, 6.07) is 6.54. The summed E-state index contributed by atoms with van der Waals surface area (Å²) in [4.78, 5) is 28.8. The Morgan fingerprint density at radius 3 is 2.74 bits per heavy atom. The summed E-state index contributed by atoms with van der Waals surface area (Å²) in [5, 5.41) is 3.41. The molecule has 0 aliphatic carbocycles. The number of nitrogens with one attached hydrogen (secondary N) is 1. The first kappa shape index (κ1) is 26.4. The molecule has 0 saturated carbocycles. The fourth-order valence-electron chi connectivity index (χ4n) is 5.41. The summed E-state index contributed by atoms with van der Waals surface area (Å²) in [5.74, 6) is 1.42. The van der Waals surface area contributed by atoms with Crippen LogP contribution in [0.25, 0.3) is 16.9 Å². The summed E-state index contributed by atoms with van der Waals surface area (Å²) in [6.07, 6.45) is 12.0. The van der Waals surface area contributed by atoms with E-state index in [1.165, 1.54) is 11.3 Å². The average molecular weight is 530 g/mol. The third kappa shape index (κ3) is 5.50. The van der Waals surface area contributed by atoms with Crippen LogP contribution in [0.5, 0.6) is 0 Å². The molecule has 0 radical (unpaired) electrons. The number of aromatic nitrogens is 3. The number of nitrogens with two attached hydrogens (primary N) is 2. The molecule has 5 rings (SSSR count). The van der Waals surface area contributed by atoms with Crippen LogP contribution >= 0.6 is 0 Å². The first-order valence-electron chi connectivity index (χ1n) is 13.9. The Labute approximate surface area is 230 Å². The number of amides is 1. The molecule has 2 aliphatic heterocycles. The van der Waals surface area contributed by atoms with Gasteiger partial charge in [-0.2, -0.15) is 0 Å². The van der Waals surface area contributed by atoms with Crippen molar-refractivity contribution in [3.05, 3.63) is 66.0 Å². The number of carbonyl (C=O) groups excluding carboxylic acids is 1. The molecular weight excluding hydrogens is 490 g/mol. The van der Waals surface area contributed by atoms with Gasteiger partial charge in [-0.15, -0.1) is 0 Å². The highest BCUT2D eigenvalue weighted by Gasteiger charge is 2.23. The quantitative estimate of drug-likeness (QED) is 0.381. The van der Waals surface area contributed by atoms with Crippen LogP contribution in [0.4, 0.5) is 11.5 Å². The topological polar surface area (TPSA) is 121 Å². The molecule has 0 unspecified atom stereocenters. The first-order valence-corrected chi connectivity index (χ1v) is 13.9. The van der Waals surface area contributed by atoms with E-state index in [0.717, 1.165) is 61.6 Å². The summed E-state index contributed by atoms with van der Waals surface area (Å²) in [6.45, 7) is 9.14. The number of nitrogens with zero attached hydrogens (tertiary/aromatic N) is 6. The van der Waals surface area contributed by atoms with E-state index in [9.17, 15) is 4.79 Å². The molecule has 10 nitrogen and oxygen atoms in total. The van der Waals surface area contributed by atoms with Crippen molar-refractivity contribution in [2.24, 2.45) is 11.5 Å². The predicted octanol–water partition coefficient (Wildman–Crippen LogP) is 2.78. The van der Waals surface area contributed by atoms with Gasteiger partial charge in [0.15, 0.2) is 5.65 Å². The Bertz CT molecular complexity index is 1390. The van der Waals surface area contributed by atoms with E-state index < -0.39 is 0 Å². The summed E-state index contributed by atoms with van der Waals surface area (Å²) < 4.78 is 1.96. The predicted molar refractivity (Wildman–Crippen MR) is 156 cm³/mol. The highest BCUT2D eigenvalue weighted by atomic mass is 16.2. The molecule has 0 bridgehead atoms. The standard InChI is InChI=1S/C29H39N9O/c1-3-5-7-23(30)28(31)37-13-6-12-36(16-17-37)26(39)20-33-29-27(34-25-19-32-11-15-38(25)29)22-8-9-24-21(18-22)10-14-35(24)4-2/h5,7-9,11,15,18-19,33H,3-4,6,10,12-14,16-17,20,30-31H2,1-2H3/b7-5-,28-23-. The number of likely N-dealkylation sites (N-methyl/N-ethyl adjacent to an activating group) is 1. The van der Waals surface area contributed by atoms with Crippen LogP contribution in [0.1, 0.15) is 32.3 Å². The summed E-state index contributed by atoms with van der Waals surface area (Å²) in [7, 11) is 0. The maximum atomic E-state index is 13.3. The number of rotatable bonds is 8. The van der Waals surface area contributed by atoms with Crippen LogP contribution in [0.3, 0.4) is 0 Å². The van der Waals surface area contributed by atoms with E-state index in [-0.39, 0.29) is 12.5 Å². The number of carbonyl (C=O) groups is 1. The Balaban J connectivity index is 1.31. The van der Waals surface area contributed by atoms with Crippen molar-refractivity contribution < 1.29 is 4.79 Å². The van der Waals surface area contributed by atoms with Crippen molar-refractivity contribution in [1.29, 1.82) is 0 Å². The van der Waals surface area contributed by atoms with Gasteiger partial charge in [-0.25, -0.2) is 4.98 Å². The summed E-state index contributed by atoms with van der Waals surface area (Å²) in [5.41, 5.74) is 18.3. The average Bonchev–Trinajstić information content (AvgIpc) is 3.45. The van der Waals surface area contributed by atoms with Gasteiger partial charge >= 0.3 is 0 Å². The van der Waals surface area contributed by atoms with Crippen LogP contribution in [-0.4, -0.2) is 75.9 Å². The molecule has 2 aromatic heterocycles. The zero-order valence-corrected chi connectivity index (χ0v) is 22.9. The van der Waals surface area contributed by atoms with Gasteiger partial charge < -0.3 is 31.5 Å². The molecule has 4 heterocycles. The second-order valence-corrected chi connectivity index (χ2v) is 10.0. The fraction of sp³-hybridized carbons (Fsp3) is 0.414. The third-order valence-electron chi connectivity index (χ3n) is 7.58. The molecule has 1 fully saturated rings. The van der Waals surface area contributed by atoms with Crippen LogP contribution in [0, 0.1) is 0 Å². The number of fused-ring (bicyclic) bond motifs is 2. The zero-order valence-electron chi connectivity index (χ0n) is 22.9. The lowest BCUT2D eigenvalue weighted by Gasteiger charge is -2.24. The van der Waals surface area contributed by atoms with Crippen molar-refractivity contribution in [1.82, 2.24) is 24.2 Å². The van der Waals surface area contributed by atoms with E-state index in [1.54, 1.807) is 12.4 Å². The lowest BCUT2D eigenvalue weighted by molar-refractivity contribution is -0.129. The van der Waals surface area contributed by atoms with Crippen LogP contribution in [0.15, 0.2) is 60.5 Å². The Morgan fingerprint density at radius 2 is 1.92 bits per heavy atom. The van der Waals surface area contributed by atoms with Crippen LogP contribution < -0.4 is 21.7 Å². The summed E-state index contributed by atoms with van der Waals surface area (Å²) >= 11 is 0. The highest BCUT2D eigenvalue weighted by molar-refractivity contribution is 5.84. The normalized spacial score (nSPS) is 16.5. The van der Waals surface area contributed by atoms with Crippen molar-refractivity contribution in [2.75, 3.05) is 56.0 Å². The number of hydrogen-bond donors (Lipinski definition) is 3. The molecule has 0 atom stereocenters. The largest absolute Gasteiger partial charge is 0.396 e. The van der Waals surface area contributed by atoms with Gasteiger partial charge in [0.25, 0.3) is 0 Å². The number of anilines is 2. The van der Waals surface area contributed by atoms with E-state index in [2.05, 4.69) is 52.1 Å². The minimum atomic E-state index is 0.0424. The number of benzene rings is 1. The molecule has 206 valence electrons. The lowest BCUT2D eigenvalue weighted by Crippen LogP contribution is -2.39. The van der Waals surface area contributed by atoms with E-state index in [4.69, 9.17) is 16.5 Å². The second-order valence-electron chi connectivity index (χ2n) is 10.0. The van der Waals surface area contributed by atoms with Gasteiger partial charge in [-0.1, -0.05) is 19.1 Å². The third-order valence-corrected chi connectivity index (χ3v) is 7.58. The molecule has 1 amide bonds. The lowest BCUT2D eigenvalue weighted by atomic mass is 10.1. The molecule has 10 heteroatoms. The van der Waals surface area contributed by atoms with Gasteiger partial charge in [-0.3, -0.25) is 14.2 Å². The van der Waals surface area contributed by atoms with Crippen molar-refractivity contribution in [3.63, 3.8) is 0 Å². The molecular formula is C29H39N9O. The first-order chi connectivity index (χ1) is 19.0. The Kier molecular flexibility index (Phi) is 7.90. The van der Waals surface area contributed by atoms with Crippen molar-refractivity contribution >= 4 is 23.1 Å². The monoisotopic (exact) mass is 529 g/mol. The van der Waals surface area contributed by atoms with E-state index >= 15 is 0 Å². The van der Waals surface area contributed by atoms with E-state index in [0.29, 0.717) is 31.2 Å². The zero-order chi connectivity index (χ0) is 27.4. The van der Waals surface area contributed by atoms with Gasteiger partial charge in [-0.05, 0) is 50.0 Å². The SMILES string of the molecule is CC/C=C\C(N)=C(/N)N1CCCN(C(=O)CNc2c(-c3ccc4c(c3)CCN4CC)nc3cnccn23)CC1. The van der Waals surface area contributed by atoms with Crippen LogP contribution in [0.2, 0.25) is 0 Å².